The van der Waals surface area contributed by atoms with E-state index in [1.807, 2.05) is 24.3 Å². The minimum Gasteiger partial charge on any atom is -0.360 e. The van der Waals surface area contributed by atoms with Crippen molar-refractivity contribution >= 4 is 21.7 Å². The van der Waals surface area contributed by atoms with E-state index in [1.165, 1.54) is 9.87 Å². The van der Waals surface area contributed by atoms with Crippen molar-refractivity contribution in [1.82, 2.24) is 14.4 Å². The summed E-state index contributed by atoms with van der Waals surface area (Å²) < 4.78 is 32.0. The molecule has 1 aromatic heterocycles. The Morgan fingerprint density at radius 1 is 1.15 bits per heavy atom. The molecule has 2 amide bonds. The first kappa shape index (κ1) is 19.4. The Hall–Kier alpha value is -2.39. The Balaban J connectivity index is 1.62. The highest BCUT2D eigenvalue weighted by Crippen LogP contribution is 2.24. The lowest BCUT2D eigenvalue weighted by Gasteiger charge is -2.33. The summed E-state index contributed by atoms with van der Waals surface area (Å²) in [5.74, 6) is 0.281. The number of piperazine rings is 1. The van der Waals surface area contributed by atoms with Crippen molar-refractivity contribution in [3.8, 4) is 0 Å². The Morgan fingerprint density at radius 2 is 1.78 bits per heavy atom. The van der Waals surface area contributed by atoms with E-state index in [0.29, 0.717) is 18.8 Å². The molecule has 0 bridgehead atoms. The van der Waals surface area contributed by atoms with Gasteiger partial charge in [-0.2, -0.15) is 4.31 Å². The number of amides is 2. The minimum atomic E-state index is -3.68. The number of benzene rings is 1. The number of sulfonamides is 1. The van der Waals surface area contributed by atoms with Crippen LogP contribution < -0.4 is 5.32 Å². The van der Waals surface area contributed by atoms with Gasteiger partial charge in [0.25, 0.3) is 0 Å². The van der Waals surface area contributed by atoms with Crippen LogP contribution in [0.5, 0.6) is 0 Å². The molecule has 0 atom stereocenters. The van der Waals surface area contributed by atoms with Gasteiger partial charge in [-0.3, -0.25) is 0 Å². The van der Waals surface area contributed by atoms with Crippen molar-refractivity contribution in [1.29, 1.82) is 0 Å². The zero-order valence-electron chi connectivity index (χ0n) is 15.7. The topological polar surface area (TPSA) is 95.8 Å². The highest BCUT2D eigenvalue weighted by Gasteiger charge is 2.34. The minimum absolute atomic E-state index is 0.122. The average molecular weight is 392 g/mol. The van der Waals surface area contributed by atoms with Crippen molar-refractivity contribution in [2.75, 3.05) is 31.5 Å². The van der Waals surface area contributed by atoms with Crippen LogP contribution in [0.15, 0.2) is 33.7 Å². The van der Waals surface area contributed by atoms with Gasteiger partial charge >= 0.3 is 6.03 Å². The summed E-state index contributed by atoms with van der Waals surface area (Å²) in [7, 11) is -3.68. The zero-order chi connectivity index (χ0) is 19.6. The van der Waals surface area contributed by atoms with E-state index in [2.05, 4.69) is 17.4 Å². The highest BCUT2D eigenvalue weighted by molar-refractivity contribution is 7.89. The molecule has 1 aliphatic rings. The number of carbonyl (C=O) groups excluding carboxylic acids is 1. The van der Waals surface area contributed by atoms with Gasteiger partial charge < -0.3 is 14.7 Å². The number of nitrogens with one attached hydrogen (secondary N) is 1. The molecule has 2 aromatic rings. The van der Waals surface area contributed by atoms with Gasteiger partial charge in [0, 0.05) is 31.9 Å². The molecule has 0 aliphatic carbocycles. The number of aromatic nitrogens is 1. The summed E-state index contributed by atoms with van der Waals surface area (Å²) in [6.07, 6.45) is 0.940. The Morgan fingerprint density at radius 3 is 2.30 bits per heavy atom. The molecule has 1 aliphatic heterocycles. The van der Waals surface area contributed by atoms with Crippen LogP contribution >= 0.6 is 0 Å². The molecular weight excluding hydrogens is 368 g/mol. The molecule has 1 fully saturated rings. The summed E-state index contributed by atoms with van der Waals surface area (Å²) in [4.78, 5) is 14.2. The fourth-order valence-electron chi connectivity index (χ4n) is 3.13. The molecule has 1 N–H and O–H groups in total. The van der Waals surface area contributed by atoms with Gasteiger partial charge in [0.2, 0.25) is 10.0 Å². The predicted octanol–water partition coefficient (Wildman–Crippen LogP) is 2.39. The van der Waals surface area contributed by atoms with Crippen LogP contribution in [0, 0.1) is 13.8 Å². The molecule has 1 saturated heterocycles. The quantitative estimate of drug-likeness (QED) is 0.862. The normalized spacial score (nSPS) is 15.7. The van der Waals surface area contributed by atoms with Crippen LogP contribution in [0.25, 0.3) is 0 Å². The fraction of sp³-hybridized carbons (Fsp3) is 0.444. The summed E-state index contributed by atoms with van der Waals surface area (Å²) in [5.41, 5.74) is 2.28. The number of rotatable bonds is 4. The Labute approximate surface area is 159 Å². The molecule has 0 unspecified atom stereocenters. The van der Waals surface area contributed by atoms with Crippen LogP contribution in [0.1, 0.15) is 23.9 Å². The second kappa shape index (κ2) is 7.69. The molecule has 27 heavy (non-hydrogen) atoms. The third-order valence-corrected chi connectivity index (χ3v) is 6.85. The summed E-state index contributed by atoms with van der Waals surface area (Å²) >= 11 is 0. The summed E-state index contributed by atoms with van der Waals surface area (Å²) in [6.45, 7) is 6.37. The van der Waals surface area contributed by atoms with Crippen molar-refractivity contribution in [2.45, 2.75) is 32.1 Å². The van der Waals surface area contributed by atoms with E-state index in [9.17, 15) is 13.2 Å². The number of nitrogens with zero attached hydrogens (tertiary/aromatic N) is 3. The van der Waals surface area contributed by atoms with Gasteiger partial charge in [-0.1, -0.05) is 24.2 Å². The molecule has 0 radical (unpaired) electrons. The van der Waals surface area contributed by atoms with Crippen molar-refractivity contribution in [3.05, 3.63) is 41.3 Å². The smallest absolute Gasteiger partial charge is 0.321 e. The molecule has 2 heterocycles. The van der Waals surface area contributed by atoms with Gasteiger partial charge in [0.05, 0.1) is 0 Å². The fourth-order valence-corrected chi connectivity index (χ4v) is 4.84. The second-order valence-corrected chi connectivity index (χ2v) is 8.40. The van der Waals surface area contributed by atoms with Crippen molar-refractivity contribution < 1.29 is 17.7 Å². The van der Waals surface area contributed by atoms with Crippen LogP contribution in [-0.4, -0.2) is 55.0 Å². The molecule has 9 heteroatoms. The van der Waals surface area contributed by atoms with Crippen molar-refractivity contribution in [2.24, 2.45) is 0 Å². The van der Waals surface area contributed by atoms with E-state index in [1.54, 1.807) is 18.7 Å². The van der Waals surface area contributed by atoms with Crippen LogP contribution in [0.3, 0.4) is 0 Å². The SMILES string of the molecule is CCc1ccc(NC(=O)N2CCN(S(=O)(=O)c3c(C)noc3C)CC2)cc1. The molecule has 0 spiro atoms. The average Bonchev–Trinajstić information content (AvgIpc) is 3.01. The number of hydrogen-bond acceptors (Lipinski definition) is 5. The number of carbonyl (C=O) groups is 1. The lowest BCUT2D eigenvalue weighted by molar-refractivity contribution is 0.184. The number of aryl methyl sites for hydroxylation is 3. The summed E-state index contributed by atoms with van der Waals surface area (Å²) in [6, 6.07) is 7.46. The van der Waals surface area contributed by atoms with Crippen LogP contribution in [0.2, 0.25) is 0 Å². The number of anilines is 1. The monoisotopic (exact) mass is 392 g/mol. The van der Waals surface area contributed by atoms with Crippen LogP contribution in [0.4, 0.5) is 10.5 Å². The van der Waals surface area contributed by atoms with Gasteiger partial charge in [0.15, 0.2) is 5.76 Å². The predicted molar refractivity (Wildman–Crippen MR) is 101 cm³/mol. The van der Waals surface area contributed by atoms with Gasteiger partial charge in [0.1, 0.15) is 10.6 Å². The van der Waals surface area contributed by atoms with Gasteiger partial charge in [-0.15, -0.1) is 0 Å². The first-order valence-electron chi connectivity index (χ1n) is 8.91. The lowest BCUT2D eigenvalue weighted by Crippen LogP contribution is -2.51. The Kier molecular flexibility index (Phi) is 5.52. The summed E-state index contributed by atoms with van der Waals surface area (Å²) in [5, 5.41) is 6.58. The molecule has 0 saturated carbocycles. The number of urea groups is 1. The van der Waals surface area contributed by atoms with Gasteiger partial charge in [-0.25, -0.2) is 13.2 Å². The zero-order valence-corrected chi connectivity index (χ0v) is 16.5. The van der Waals surface area contributed by atoms with E-state index < -0.39 is 10.0 Å². The van der Waals surface area contributed by atoms with E-state index in [0.717, 1.165) is 12.1 Å². The molecule has 1 aromatic carbocycles. The first-order chi connectivity index (χ1) is 12.8. The Bertz CT molecular complexity index is 894. The van der Waals surface area contributed by atoms with Crippen molar-refractivity contribution in [3.63, 3.8) is 0 Å². The highest BCUT2D eigenvalue weighted by atomic mass is 32.2. The molecular formula is C18H24N4O4S. The van der Waals surface area contributed by atoms with Gasteiger partial charge in [-0.05, 0) is 38.0 Å². The van der Waals surface area contributed by atoms with E-state index in [-0.39, 0.29) is 29.8 Å². The maximum atomic E-state index is 12.8. The second-order valence-electron chi connectivity index (χ2n) is 6.53. The third kappa shape index (κ3) is 3.98. The number of hydrogen-bond donors (Lipinski definition) is 1. The first-order valence-corrected chi connectivity index (χ1v) is 10.3. The third-order valence-electron chi connectivity index (χ3n) is 4.71. The standard InChI is InChI=1S/C18H24N4O4S/c1-4-15-5-7-16(8-6-15)19-18(23)21-9-11-22(12-10-21)27(24,25)17-13(2)20-26-14(17)3/h5-8H,4,9-12H2,1-3H3,(H,19,23). The molecule has 3 rings (SSSR count). The largest absolute Gasteiger partial charge is 0.360 e. The maximum Gasteiger partial charge on any atom is 0.321 e. The maximum absolute atomic E-state index is 12.8. The lowest BCUT2D eigenvalue weighted by atomic mass is 10.1. The molecule has 8 nitrogen and oxygen atoms in total. The molecule has 146 valence electrons. The van der Waals surface area contributed by atoms with Crippen LogP contribution in [-0.2, 0) is 16.4 Å². The van der Waals surface area contributed by atoms with E-state index >= 15 is 0 Å². The van der Waals surface area contributed by atoms with E-state index in [4.69, 9.17) is 4.52 Å².